The lowest BCUT2D eigenvalue weighted by atomic mass is 10.00. The van der Waals surface area contributed by atoms with E-state index in [1.165, 1.54) is 52.7 Å². The molecule has 3 aromatic heterocycles. The topological polar surface area (TPSA) is 131 Å². The molecule has 1 atom stereocenters. The van der Waals surface area contributed by atoms with Gasteiger partial charge in [0, 0.05) is 86.5 Å². The molecule has 1 N–H and O–H groups in total. The minimum atomic E-state index is -1.12. The van der Waals surface area contributed by atoms with E-state index < -0.39 is 17.5 Å². The van der Waals surface area contributed by atoms with Crippen LogP contribution in [0.5, 0.6) is 0 Å². The van der Waals surface area contributed by atoms with E-state index in [2.05, 4.69) is 20.3 Å². The van der Waals surface area contributed by atoms with Gasteiger partial charge >= 0.3 is 0 Å². The van der Waals surface area contributed by atoms with Crippen LogP contribution in [0.2, 0.25) is 5.02 Å². The minimum absolute atomic E-state index is 0.0180. The number of nitrogens with zero attached hydrogens (tertiary/aromatic N) is 8. The lowest BCUT2D eigenvalue weighted by Crippen LogP contribution is -2.52. The molecule has 1 aliphatic rings. The number of rotatable bonds is 13. The maximum atomic E-state index is 15.7. The van der Waals surface area contributed by atoms with Crippen LogP contribution in [0.1, 0.15) is 46.4 Å². The zero-order valence-electron chi connectivity index (χ0n) is 32.6. The zero-order valence-corrected chi connectivity index (χ0v) is 33.4. The van der Waals surface area contributed by atoms with Crippen LogP contribution in [0.25, 0.3) is 22.4 Å². The smallest absolute Gasteiger partial charge is 0.291 e. The van der Waals surface area contributed by atoms with Crippen molar-refractivity contribution in [2.24, 2.45) is 13.0 Å². The number of carbonyl (C=O) groups excluding carboxylic acids is 3. The number of benzene rings is 2. The van der Waals surface area contributed by atoms with Gasteiger partial charge in [0.1, 0.15) is 0 Å². The SMILES string of the molecule is CCC(CCN(C)C)C(=O)N1CCN(C(=O)c2ccc(NC(=O)c3ncc(-c4ccc(-c5cn(CCn6ccccc6=O)nc5C)c(F)c4F)n3C)cc2Cl)CC1. The van der Waals surface area contributed by atoms with Gasteiger partial charge in [0.2, 0.25) is 5.91 Å². The molecule has 1 unspecified atom stereocenters. The Bertz CT molecular complexity index is 2350. The van der Waals surface area contributed by atoms with Crippen LogP contribution in [0.15, 0.2) is 71.9 Å². The fraction of sp³-hybridized carbons (Fsp3) is 0.366. The quantitative estimate of drug-likeness (QED) is 0.165. The van der Waals surface area contributed by atoms with Crippen molar-refractivity contribution in [2.75, 3.05) is 52.1 Å². The number of anilines is 1. The standard InChI is InChI=1S/C41H46ClF2N9O4/c1-6-27(14-16-48(3)4)40(56)51-17-19-52(20-18-51)41(57)30-11-10-28(23-33(30)42)46-39(55)38-45-24-34(49(38)5)31-13-12-29(36(43)37(31)44)32-25-53(47-26(32)2)22-21-50-15-8-7-9-35(50)54/h7-13,15,23-25,27H,6,14,16-22H2,1-5H3,(H,46,55). The third-order valence-corrected chi connectivity index (χ3v) is 10.7. The summed E-state index contributed by atoms with van der Waals surface area (Å²) in [6.07, 6.45) is 6.11. The molecule has 2 aromatic carbocycles. The average Bonchev–Trinajstić information content (AvgIpc) is 3.76. The van der Waals surface area contributed by atoms with E-state index in [0.717, 1.165) is 19.4 Å². The summed E-state index contributed by atoms with van der Waals surface area (Å²) < 4.78 is 35.9. The summed E-state index contributed by atoms with van der Waals surface area (Å²) >= 11 is 6.55. The van der Waals surface area contributed by atoms with Crippen molar-refractivity contribution in [1.29, 1.82) is 0 Å². The second-order valence-corrected chi connectivity index (χ2v) is 14.8. The first-order valence-corrected chi connectivity index (χ1v) is 19.2. The van der Waals surface area contributed by atoms with Crippen LogP contribution < -0.4 is 10.9 Å². The summed E-state index contributed by atoms with van der Waals surface area (Å²) in [4.78, 5) is 61.7. The molecule has 1 aliphatic heterocycles. The number of imidazole rings is 1. The predicted octanol–water partition coefficient (Wildman–Crippen LogP) is 5.57. The second kappa shape index (κ2) is 17.6. The molecule has 0 aliphatic carbocycles. The van der Waals surface area contributed by atoms with Crippen molar-refractivity contribution >= 4 is 35.0 Å². The van der Waals surface area contributed by atoms with Crippen LogP contribution >= 0.6 is 11.6 Å². The van der Waals surface area contributed by atoms with Crippen molar-refractivity contribution < 1.29 is 23.2 Å². The van der Waals surface area contributed by atoms with E-state index in [1.54, 1.807) is 47.1 Å². The largest absolute Gasteiger partial charge is 0.339 e. The van der Waals surface area contributed by atoms with E-state index in [9.17, 15) is 19.2 Å². The fourth-order valence-electron chi connectivity index (χ4n) is 7.01. The first-order chi connectivity index (χ1) is 27.3. The summed E-state index contributed by atoms with van der Waals surface area (Å²) in [6, 6.07) is 12.3. The Balaban J connectivity index is 1.09. The lowest BCUT2D eigenvalue weighted by Gasteiger charge is -2.36. The predicted molar refractivity (Wildman–Crippen MR) is 214 cm³/mol. The molecule has 0 spiro atoms. The van der Waals surface area contributed by atoms with E-state index in [-0.39, 0.29) is 56.5 Å². The first-order valence-electron chi connectivity index (χ1n) is 18.8. The van der Waals surface area contributed by atoms with Crippen molar-refractivity contribution in [3.8, 4) is 22.4 Å². The molecule has 6 rings (SSSR count). The maximum absolute atomic E-state index is 15.7. The summed E-state index contributed by atoms with van der Waals surface area (Å²) in [5.74, 6) is -3.11. The lowest BCUT2D eigenvalue weighted by molar-refractivity contribution is -0.137. The number of piperazine rings is 1. The van der Waals surface area contributed by atoms with E-state index in [4.69, 9.17) is 11.6 Å². The van der Waals surface area contributed by atoms with Crippen molar-refractivity contribution in [2.45, 2.75) is 39.8 Å². The van der Waals surface area contributed by atoms with E-state index in [1.807, 2.05) is 25.9 Å². The molecule has 4 heterocycles. The number of hydrogen-bond donors (Lipinski definition) is 1. The number of aromatic nitrogens is 5. The zero-order chi connectivity index (χ0) is 41.0. The van der Waals surface area contributed by atoms with Crippen LogP contribution in [0, 0.1) is 24.5 Å². The highest BCUT2D eigenvalue weighted by Gasteiger charge is 2.30. The summed E-state index contributed by atoms with van der Waals surface area (Å²) in [7, 11) is 5.49. The average molecular weight is 802 g/mol. The van der Waals surface area contributed by atoms with Gasteiger partial charge in [-0.3, -0.25) is 23.9 Å². The molecular formula is C41H46ClF2N9O4. The molecular weight excluding hydrogens is 756 g/mol. The minimum Gasteiger partial charge on any atom is -0.339 e. The maximum Gasteiger partial charge on any atom is 0.291 e. The molecule has 1 fully saturated rings. The summed E-state index contributed by atoms with van der Waals surface area (Å²) in [5, 5.41) is 7.28. The Morgan fingerprint density at radius 3 is 2.33 bits per heavy atom. The van der Waals surface area contributed by atoms with Gasteiger partial charge in [-0.2, -0.15) is 5.10 Å². The molecule has 300 valence electrons. The van der Waals surface area contributed by atoms with Crippen molar-refractivity contribution in [1.82, 2.24) is 38.6 Å². The Morgan fingerprint density at radius 1 is 0.947 bits per heavy atom. The number of amides is 3. The van der Waals surface area contributed by atoms with Gasteiger partial charge < -0.3 is 29.2 Å². The Hall–Kier alpha value is -5.67. The van der Waals surface area contributed by atoms with Crippen LogP contribution in [0.4, 0.5) is 14.5 Å². The summed E-state index contributed by atoms with van der Waals surface area (Å²) in [5.41, 5.74) is 1.40. The molecule has 16 heteroatoms. The number of aryl methyl sites for hydroxylation is 3. The number of pyridine rings is 1. The van der Waals surface area contributed by atoms with Crippen molar-refractivity contribution in [3.05, 3.63) is 111 Å². The monoisotopic (exact) mass is 801 g/mol. The van der Waals surface area contributed by atoms with E-state index >= 15 is 8.78 Å². The molecule has 13 nitrogen and oxygen atoms in total. The molecule has 0 saturated carbocycles. The third-order valence-electron chi connectivity index (χ3n) is 10.4. The normalized spacial score (nSPS) is 13.6. The highest BCUT2D eigenvalue weighted by Crippen LogP contribution is 2.33. The van der Waals surface area contributed by atoms with Gasteiger partial charge in [0.25, 0.3) is 17.4 Å². The summed E-state index contributed by atoms with van der Waals surface area (Å²) in [6.45, 7) is 6.87. The first kappa shape index (κ1) is 41.0. The Labute approximate surface area is 334 Å². The van der Waals surface area contributed by atoms with Gasteiger partial charge in [0.15, 0.2) is 17.5 Å². The molecule has 3 amide bonds. The number of carbonyl (C=O) groups is 3. The second-order valence-electron chi connectivity index (χ2n) is 14.4. The van der Waals surface area contributed by atoms with E-state index in [0.29, 0.717) is 56.2 Å². The van der Waals surface area contributed by atoms with Crippen molar-refractivity contribution in [3.63, 3.8) is 0 Å². The number of halogens is 3. The molecule has 0 radical (unpaired) electrons. The van der Waals surface area contributed by atoms with Crippen LogP contribution in [-0.4, -0.2) is 103 Å². The molecule has 0 bridgehead atoms. The Kier molecular flexibility index (Phi) is 12.7. The molecule has 57 heavy (non-hydrogen) atoms. The van der Waals surface area contributed by atoms with Gasteiger partial charge in [-0.1, -0.05) is 30.7 Å². The highest BCUT2D eigenvalue weighted by atomic mass is 35.5. The third kappa shape index (κ3) is 8.99. The van der Waals surface area contributed by atoms with Gasteiger partial charge in [-0.05, 0) is 70.7 Å². The molecule has 1 saturated heterocycles. The number of nitrogens with one attached hydrogen (secondary N) is 1. The van der Waals surface area contributed by atoms with Gasteiger partial charge in [-0.25, -0.2) is 13.8 Å². The number of hydrogen-bond acceptors (Lipinski definition) is 7. The Morgan fingerprint density at radius 2 is 1.65 bits per heavy atom. The van der Waals surface area contributed by atoms with Crippen LogP contribution in [-0.2, 0) is 24.9 Å². The van der Waals surface area contributed by atoms with Crippen LogP contribution in [0.3, 0.4) is 0 Å². The fourth-order valence-corrected chi connectivity index (χ4v) is 7.27. The van der Waals surface area contributed by atoms with Gasteiger partial charge in [0.05, 0.1) is 34.7 Å². The molecule has 5 aromatic rings. The highest BCUT2D eigenvalue weighted by molar-refractivity contribution is 6.34. The van der Waals surface area contributed by atoms with Gasteiger partial charge in [-0.15, -0.1) is 0 Å².